The zero-order chi connectivity index (χ0) is 23.3. The van der Waals surface area contributed by atoms with Gasteiger partial charge in [-0.2, -0.15) is 4.91 Å². The summed E-state index contributed by atoms with van der Waals surface area (Å²) >= 11 is 1.31. The van der Waals surface area contributed by atoms with Crippen molar-refractivity contribution >= 4 is 44.3 Å². The lowest BCUT2D eigenvalue weighted by Crippen LogP contribution is -2.52. The Bertz CT molecular complexity index is 1430. The molecule has 1 aliphatic rings. The topological polar surface area (TPSA) is 106 Å². The number of nitrogens with zero attached hydrogens (tertiary/aromatic N) is 4. The minimum Gasteiger partial charge on any atom is -0.456 e. The molecule has 0 atom stereocenters. The maximum absolute atomic E-state index is 12.7. The lowest BCUT2D eigenvalue weighted by Gasteiger charge is -2.34. The molecule has 2 amide bonds. The van der Waals surface area contributed by atoms with Gasteiger partial charge in [-0.25, -0.2) is 0 Å². The largest absolute Gasteiger partial charge is 0.456 e. The van der Waals surface area contributed by atoms with Crippen molar-refractivity contribution in [2.24, 2.45) is 12.2 Å². The number of benzene rings is 1. The molecular formula is C23H21N5O4S. The molecule has 1 saturated heterocycles. The molecule has 5 rings (SSSR count). The number of carbonyl (C=O) groups is 2. The lowest BCUT2D eigenvalue weighted by molar-refractivity contribution is 0.0614. The van der Waals surface area contributed by atoms with E-state index in [2.05, 4.69) is 15.5 Å². The van der Waals surface area contributed by atoms with Gasteiger partial charge in [-0.1, -0.05) is 5.18 Å². The Hall–Kier alpha value is -3.79. The van der Waals surface area contributed by atoms with Gasteiger partial charge in [0.15, 0.2) is 0 Å². The Balaban J connectivity index is 1.47. The van der Waals surface area contributed by atoms with Crippen molar-refractivity contribution in [3.05, 3.63) is 57.6 Å². The van der Waals surface area contributed by atoms with Gasteiger partial charge in [0.2, 0.25) is 0 Å². The number of fused-ring (bicyclic) bond motifs is 2. The number of amides is 2. The molecule has 0 spiro atoms. The number of thiophene rings is 1. The number of likely N-dealkylation sites (tertiary alicyclic amines) is 1. The van der Waals surface area contributed by atoms with Crippen molar-refractivity contribution in [2.45, 2.75) is 13.0 Å². The SMILES string of the molecule is CNC(=O)c1c(C)n(C)c2cc(Oc3ccnc4cc(C(=O)N5CC(N=O)C5)sc34)ccc12. The summed E-state index contributed by atoms with van der Waals surface area (Å²) in [6, 6.07) is 8.79. The van der Waals surface area contributed by atoms with E-state index in [1.165, 1.54) is 11.3 Å². The molecule has 1 aromatic carbocycles. The predicted octanol–water partition coefficient (Wildman–Crippen LogP) is 3.84. The van der Waals surface area contributed by atoms with E-state index in [-0.39, 0.29) is 17.9 Å². The molecule has 0 saturated carbocycles. The van der Waals surface area contributed by atoms with Crippen molar-refractivity contribution in [2.75, 3.05) is 20.1 Å². The Morgan fingerprint density at radius 3 is 2.76 bits per heavy atom. The molecule has 4 aromatic rings. The number of nitroso groups, excluding NO2 is 1. The average Bonchev–Trinajstić information content (AvgIpc) is 3.33. The monoisotopic (exact) mass is 463 g/mol. The lowest BCUT2D eigenvalue weighted by atomic mass is 10.1. The molecule has 1 fully saturated rings. The highest BCUT2D eigenvalue weighted by atomic mass is 32.1. The van der Waals surface area contributed by atoms with Gasteiger partial charge in [-0.05, 0) is 25.1 Å². The summed E-state index contributed by atoms with van der Waals surface area (Å²) in [5, 5.41) is 6.52. The van der Waals surface area contributed by atoms with Crippen LogP contribution in [-0.4, -0.2) is 52.4 Å². The number of ether oxygens (including phenoxy) is 1. The number of aryl methyl sites for hydroxylation is 1. The molecule has 0 bridgehead atoms. The summed E-state index contributed by atoms with van der Waals surface area (Å²) in [5.41, 5.74) is 3.07. The van der Waals surface area contributed by atoms with Crippen LogP contribution in [0.2, 0.25) is 0 Å². The number of aromatic nitrogens is 2. The molecule has 0 aliphatic carbocycles. The van der Waals surface area contributed by atoms with E-state index >= 15 is 0 Å². The van der Waals surface area contributed by atoms with Gasteiger partial charge in [-0.15, -0.1) is 11.3 Å². The van der Waals surface area contributed by atoms with Crippen LogP contribution >= 0.6 is 11.3 Å². The number of nitrogens with one attached hydrogen (secondary N) is 1. The Kier molecular flexibility index (Phi) is 5.09. The quantitative estimate of drug-likeness (QED) is 0.453. The van der Waals surface area contributed by atoms with Crippen molar-refractivity contribution in [1.29, 1.82) is 0 Å². The molecule has 0 unspecified atom stereocenters. The van der Waals surface area contributed by atoms with E-state index in [0.29, 0.717) is 40.5 Å². The van der Waals surface area contributed by atoms with E-state index in [0.717, 1.165) is 21.3 Å². The van der Waals surface area contributed by atoms with Gasteiger partial charge in [0, 0.05) is 56.6 Å². The highest BCUT2D eigenvalue weighted by molar-refractivity contribution is 7.21. The highest BCUT2D eigenvalue weighted by Crippen LogP contribution is 2.37. The molecule has 168 valence electrons. The molecule has 0 radical (unpaired) electrons. The van der Waals surface area contributed by atoms with Gasteiger partial charge in [0.25, 0.3) is 11.8 Å². The molecule has 3 aromatic heterocycles. The maximum atomic E-state index is 12.7. The summed E-state index contributed by atoms with van der Waals surface area (Å²) < 4.78 is 8.92. The van der Waals surface area contributed by atoms with Crippen molar-refractivity contribution < 1.29 is 14.3 Å². The van der Waals surface area contributed by atoms with Crippen LogP contribution in [0.1, 0.15) is 25.7 Å². The first kappa shape index (κ1) is 21.1. The van der Waals surface area contributed by atoms with Gasteiger partial charge in [0.1, 0.15) is 17.5 Å². The first-order chi connectivity index (χ1) is 15.9. The zero-order valence-corrected chi connectivity index (χ0v) is 19.1. The molecule has 9 nitrogen and oxygen atoms in total. The fourth-order valence-corrected chi connectivity index (χ4v) is 5.12. The second kappa shape index (κ2) is 7.96. The van der Waals surface area contributed by atoms with E-state index in [4.69, 9.17) is 4.74 Å². The summed E-state index contributed by atoms with van der Waals surface area (Å²) in [6.45, 7) is 2.61. The van der Waals surface area contributed by atoms with Gasteiger partial charge < -0.3 is 19.5 Å². The molecule has 1 N–H and O–H groups in total. The molecule has 10 heteroatoms. The predicted molar refractivity (Wildman–Crippen MR) is 126 cm³/mol. The van der Waals surface area contributed by atoms with Crippen molar-refractivity contribution in [3.63, 3.8) is 0 Å². The van der Waals surface area contributed by atoms with E-state index in [9.17, 15) is 14.5 Å². The van der Waals surface area contributed by atoms with Crippen LogP contribution in [0.4, 0.5) is 0 Å². The Labute approximate surface area is 192 Å². The van der Waals surface area contributed by atoms with Crippen molar-refractivity contribution in [3.8, 4) is 11.5 Å². The second-order valence-corrected chi connectivity index (χ2v) is 9.04. The minimum atomic E-state index is -0.319. The van der Waals surface area contributed by atoms with Gasteiger partial charge in [-0.3, -0.25) is 14.6 Å². The third-order valence-electron chi connectivity index (χ3n) is 6.03. The van der Waals surface area contributed by atoms with Gasteiger partial charge in [0.05, 0.1) is 26.2 Å². The number of hydrogen-bond acceptors (Lipinski definition) is 7. The summed E-state index contributed by atoms with van der Waals surface area (Å²) in [5.74, 6) is 0.946. The van der Waals surface area contributed by atoms with Crippen LogP contribution < -0.4 is 10.1 Å². The molecule has 33 heavy (non-hydrogen) atoms. The smallest absolute Gasteiger partial charge is 0.264 e. The number of rotatable bonds is 5. The Morgan fingerprint density at radius 1 is 1.24 bits per heavy atom. The minimum absolute atomic E-state index is 0.129. The number of pyridine rings is 1. The fraction of sp³-hybridized carbons (Fsp3) is 0.261. The Morgan fingerprint density at radius 2 is 2.03 bits per heavy atom. The third-order valence-corrected chi connectivity index (χ3v) is 7.16. The van der Waals surface area contributed by atoms with Crippen LogP contribution in [0.3, 0.4) is 0 Å². The van der Waals surface area contributed by atoms with Crippen LogP contribution in [0.5, 0.6) is 11.5 Å². The standard InChI is InChI=1S/C23H21N5O4S/c1-12-20(22(29)24-2)15-5-4-14(8-17(15)27(12)3)32-18-6-7-25-16-9-19(33-21(16)18)23(30)28-10-13(11-28)26-31/h4-9,13H,10-11H2,1-3H3,(H,24,29). The number of hydrogen-bond donors (Lipinski definition) is 1. The van der Waals surface area contributed by atoms with Crippen LogP contribution in [0, 0.1) is 11.8 Å². The summed E-state index contributed by atoms with van der Waals surface area (Å²) in [6.07, 6.45) is 1.64. The first-order valence-corrected chi connectivity index (χ1v) is 11.2. The van der Waals surface area contributed by atoms with Gasteiger partial charge >= 0.3 is 0 Å². The third kappa shape index (κ3) is 3.43. The van der Waals surface area contributed by atoms with E-state index < -0.39 is 0 Å². The van der Waals surface area contributed by atoms with Crippen molar-refractivity contribution in [1.82, 2.24) is 19.8 Å². The van der Waals surface area contributed by atoms with E-state index in [1.807, 2.05) is 36.7 Å². The summed E-state index contributed by atoms with van der Waals surface area (Å²) in [4.78, 5) is 42.2. The zero-order valence-electron chi connectivity index (χ0n) is 18.3. The van der Waals surface area contributed by atoms with Crippen LogP contribution in [0.15, 0.2) is 41.7 Å². The fourth-order valence-electron chi connectivity index (χ4n) is 4.09. The molecule has 1 aliphatic heterocycles. The normalized spacial score (nSPS) is 13.8. The average molecular weight is 464 g/mol. The molecular weight excluding hydrogens is 442 g/mol. The van der Waals surface area contributed by atoms with E-state index in [1.54, 1.807) is 30.3 Å². The number of carbonyl (C=O) groups excluding carboxylic acids is 2. The second-order valence-electron chi connectivity index (χ2n) is 7.98. The van der Waals surface area contributed by atoms with Crippen LogP contribution in [0.25, 0.3) is 21.1 Å². The van der Waals surface area contributed by atoms with Crippen LogP contribution in [-0.2, 0) is 7.05 Å². The highest BCUT2D eigenvalue weighted by Gasteiger charge is 2.33. The molecule has 4 heterocycles. The summed E-state index contributed by atoms with van der Waals surface area (Å²) in [7, 11) is 3.53. The first-order valence-electron chi connectivity index (χ1n) is 10.4. The maximum Gasteiger partial charge on any atom is 0.264 e.